The second-order valence-electron chi connectivity index (χ2n) is 5.15. The van der Waals surface area contributed by atoms with E-state index >= 15 is 0 Å². The van der Waals surface area contributed by atoms with Gasteiger partial charge >= 0.3 is 0 Å². The smallest absolute Gasteiger partial charge is 0.225 e. The van der Waals surface area contributed by atoms with Crippen LogP contribution in [0.5, 0.6) is 0 Å². The van der Waals surface area contributed by atoms with Crippen molar-refractivity contribution >= 4 is 39.0 Å². The minimum absolute atomic E-state index is 0.306. The summed E-state index contributed by atoms with van der Waals surface area (Å²) in [7, 11) is 0. The molecule has 1 aliphatic rings. The second kappa shape index (κ2) is 6.87. The molecule has 1 fully saturated rings. The van der Waals surface area contributed by atoms with Gasteiger partial charge in [-0.2, -0.15) is 0 Å². The van der Waals surface area contributed by atoms with Crippen LogP contribution in [0.2, 0.25) is 5.28 Å². The largest absolute Gasteiger partial charge is 0.379 e. The van der Waals surface area contributed by atoms with Crippen LogP contribution in [0, 0.1) is 6.92 Å². The molecule has 0 aromatic carbocycles. The highest BCUT2D eigenvalue weighted by Gasteiger charge is 2.11. The number of thiophene rings is 1. The third-order valence-corrected chi connectivity index (χ3v) is 4.65. The molecular formula is C14H19ClN4OS. The Morgan fingerprint density at radius 2 is 2.19 bits per heavy atom. The third kappa shape index (κ3) is 3.83. The number of fused-ring (bicyclic) bond motifs is 1. The maximum Gasteiger partial charge on any atom is 0.225 e. The summed E-state index contributed by atoms with van der Waals surface area (Å²) in [5, 5.41) is 4.76. The van der Waals surface area contributed by atoms with E-state index in [2.05, 4.69) is 33.2 Å². The number of ether oxygens (including phenoxy) is 1. The number of anilines is 1. The first-order valence-electron chi connectivity index (χ1n) is 7.20. The number of nitrogens with one attached hydrogen (secondary N) is 1. The standard InChI is InChI=1S/C14H19ClN4OS/c1-10-9-11-12(17-14(15)18-13(11)21-10)16-3-2-4-19-5-7-20-8-6-19/h9H,2-8H2,1H3,(H,16,17,18). The molecule has 3 heterocycles. The average Bonchev–Trinajstić information content (AvgIpc) is 2.84. The first-order chi connectivity index (χ1) is 10.2. The fourth-order valence-corrected chi connectivity index (χ4v) is 3.58. The van der Waals surface area contributed by atoms with Crippen molar-refractivity contribution in [1.82, 2.24) is 14.9 Å². The summed E-state index contributed by atoms with van der Waals surface area (Å²) in [6.45, 7) is 7.81. The molecule has 0 saturated carbocycles. The molecule has 7 heteroatoms. The van der Waals surface area contributed by atoms with Gasteiger partial charge in [0.2, 0.25) is 5.28 Å². The van der Waals surface area contributed by atoms with Crippen LogP contribution in [0.1, 0.15) is 11.3 Å². The summed E-state index contributed by atoms with van der Waals surface area (Å²) in [6, 6.07) is 2.11. The Bertz CT molecular complexity index is 612. The zero-order chi connectivity index (χ0) is 14.7. The molecule has 2 aromatic rings. The van der Waals surface area contributed by atoms with Gasteiger partial charge in [0.1, 0.15) is 10.6 Å². The SMILES string of the molecule is Cc1cc2c(NCCCN3CCOCC3)nc(Cl)nc2s1. The zero-order valence-corrected chi connectivity index (χ0v) is 13.6. The van der Waals surface area contributed by atoms with Crippen molar-refractivity contribution in [2.75, 3.05) is 44.7 Å². The van der Waals surface area contributed by atoms with E-state index in [4.69, 9.17) is 16.3 Å². The van der Waals surface area contributed by atoms with Crippen LogP contribution in [0.25, 0.3) is 10.2 Å². The summed E-state index contributed by atoms with van der Waals surface area (Å²) in [5.41, 5.74) is 0. The van der Waals surface area contributed by atoms with Gasteiger partial charge in [0, 0.05) is 24.5 Å². The normalized spacial score (nSPS) is 16.5. The van der Waals surface area contributed by atoms with E-state index in [9.17, 15) is 0 Å². The van der Waals surface area contributed by atoms with Gasteiger partial charge in [-0.3, -0.25) is 4.90 Å². The van der Waals surface area contributed by atoms with Crippen molar-refractivity contribution in [3.63, 3.8) is 0 Å². The summed E-state index contributed by atoms with van der Waals surface area (Å²) < 4.78 is 5.35. The van der Waals surface area contributed by atoms with E-state index < -0.39 is 0 Å². The molecule has 0 radical (unpaired) electrons. The van der Waals surface area contributed by atoms with E-state index in [1.54, 1.807) is 11.3 Å². The number of halogens is 1. The first-order valence-corrected chi connectivity index (χ1v) is 8.39. The molecule has 2 aromatic heterocycles. The van der Waals surface area contributed by atoms with Crippen LogP contribution < -0.4 is 5.32 Å². The molecule has 0 bridgehead atoms. The number of nitrogens with zero attached hydrogens (tertiary/aromatic N) is 3. The predicted octanol–water partition coefficient (Wildman–Crippen LogP) is 2.79. The van der Waals surface area contributed by atoms with Crippen LogP contribution in [-0.4, -0.2) is 54.3 Å². The quantitative estimate of drug-likeness (QED) is 0.676. The Kier molecular flexibility index (Phi) is 4.90. The Labute approximate surface area is 133 Å². The number of hydrogen-bond acceptors (Lipinski definition) is 6. The minimum atomic E-state index is 0.306. The van der Waals surface area contributed by atoms with Crippen molar-refractivity contribution in [3.05, 3.63) is 16.2 Å². The number of rotatable bonds is 5. The molecule has 3 rings (SSSR count). The molecule has 21 heavy (non-hydrogen) atoms. The van der Waals surface area contributed by atoms with Gasteiger partial charge < -0.3 is 10.1 Å². The Morgan fingerprint density at radius 1 is 1.38 bits per heavy atom. The lowest BCUT2D eigenvalue weighted by Crippen LogP contribution is -2.37. The highest BCUT2D eigenvalue weighted by molar-refractivity contribution is 7.18. The van der Waals surface area contributed by atoms with Gasteiger partial charge in [0.25, 0.3) is 0 Å². The van der Waals surface area contributed by atoms with E-state index in [1.165, 1.54) is 4.88 Å². The van der Waals surface area contributed by atoms with Crippen LogP contribution in [0.4, 0.5) is 5.82 Å². The van der Waals surface area contributed by atoms with Gasteiger partial charge in [0.15, 0.2) is 0 Å². The van der Waals surface area contributed by atoms with Crippen LogP contribution in [0.15, 0.2) is 6.07 Å². The molecule has 1 aliphatic heterocycles. The van der Waals surface area contributed by atoms with E-state index in [1.807, 2.05) is 0 Å². The van der Waals surface area contributed by atoms with E-state index in [0.29, 0.717) is 5.28 Å². The molecular weight excluding hydrogens is 308 g/mol. The fraction of sp³-hybridized carbons (Fsp3) is 0.571. The molecule has 5 nitrogen and oxygen atoms in total. The molecule has 114 valence electrons. The molecule has 0 atom stereocenters. The summed E-state index contributed by atoms with van der Waals surface area (Å²) in [5.74, 6) is 0.844. The highest BCUT2D eigenvalue weighted by Crippen LogP contribution is 2.29. The Hall–Kier alpha value is -0.950. The van der Waals surface area contributed by atoms with Gasteiger partial charge in [-0.1, -0.05) is 0 Å². The molecule has 0 spiro atoms. The molecule has 0 aliphatic carbocycles. The average molecular weight is 327 g/mol. The number of morpholine rings is 1. The van der Waals surface area contributed by atoms with Crippen molar-refractivity contribution < 1.29 is 4.74 Å². The van der Waals surface area contributed by atoms with Gasteiger partial charge in [0.05, 0.1) is 18.6 Å². The number of aromatic nitrogens is 2. The fourth-order valence-electron chi connectivity index (χ4n) is 2.48. The van der Waals surface area contributed by atoms with Crippen molar-refractivity contribution in [2.45, 2.75) is 13.3 Å². The van der Waals surface area contributed by atoms with Crippen molar-refractivity contribution in [1.29, 1.82) is 0 Å². The highest BCUT2D eigenvalue weighted by atomic mass is 35.5. The monoisotopic (exact) mass is 326 g/mol. The lowest BCUT2D eigenvalue weighted by atomic mass is 10.3. The van der Waals surface area contributed by atoms with Crippen LogP contribution >= 0.6 is 22.9 Å². The minimum Gasteiger partial charge on any atom is -0.379 e. The lowest BCUT2D eigenvalue weighted by Gasteiger charge is -2.26. The van der Waals surface area contributed by atoms with E-state index in [-0.39, 0.29) is 0 Å². The number of aryl methyl sites for hydroxylation is 1. The van der Waals surface area contributed by atoms with Crippen LogP contribution in [0.3, 0.4) is 0 Å². The third-order valence-electron chi connectivity index (χ3n) is 3.54. The topological polar surface area (TPSA) is 50.3 Å². The number of hydrogen-bond donors (Lipinski definition) is 1. The Balaban J connectivity index is 1.57. The van der Waals surface area contributed by atoms with Crippen molar-refractivity contribution in [2.24, 2.45) is 0 Å². The van der Waals surface area contributed by atoms with E-state index in [0.717, 1.165) is 61.8 Å². The van der Waals surface area contributed by atoms with Gasteiger partial charge in [-0.25, -0.2) is 9.97 Å². The lowest BCUT2D eigenvalue weighted by molar-refractivity contribution is 0.0378. The predicted molar refractivity (Wildman–Crippen MR) is 87.5 cm³/mol. The van der Waals surface area contributed by atoms with Gasteiger partial charge in [-0.05, 0) is 37.6 Å². The maximum atomic E-state index is 5.99. The first kappa shape index (κ1) is 15.0. The summed E-state index contributed by atoms with van der Waals surface area (Å²) in [4.78, 5) is 13.2. The molecule has 0 unspecified atom stereocenters. The zero-order valence-electron chi connectivity index (χ0n) is 12.1. The van der Waals surface area contributed by atoms with Crippen molar-refractivity contribution in [3.8, 4) is 0 Å². The molecule has 0 amide bonds. The maximum absolute atomic E-state index is 5.99. The van der Waals surface area contributed by atoms with Gasteiger partial charge in [-0.15, -0.1) is 11.3 Å². The molecule has 1 saturated heterocycles. The van der Waals surface area contributed by atoms with Crippen LogP contribution in [-0.2, 0) is 4.74 Å². The molecule has 1 N–H and O–H groups in total. The second-order valence-corrected chi connectivity index (χ2v) is 6.72. The summed E-state index contributed by atoms with van der Waals surface area (Å²) >= 11 is 7.63. The summed E-state index contributed by atoms with van der Waals surface area (Å²) in [6.07, 6.45) is 1.08. The Morgan fingerprint density at radius 3 is 3.00 bits per heavy atom.